The summed E-state index contributed by atoms with van der Waals surface area (Å²) in [7, 11) is -1.50. The lowest BCUT2D eigenvalue weighted by Crippen LogP contribution is -2.31. The molecule has 1 aromatic rings. The van der Waals surface area contributed by atoms with E-state index in [1.807, 2.05) is 0 Å². The first-order chi connectivity index (χ1) is 7.79. The van der Waals surface area contributed by atoms with Crippen LogP contribution in [0.2, 0.25) is 0 Å². The van der Waals surface area contributed by atoms with Gasteiger partial charge in [0, 0.05) is 31.1 Å². The van der Waals surface area contributed by atoms with E-state index in [-0.39, 0.29) is 30.6 Å². The summed E-state index contributed by atoms with van der Waals surface area (Å²) in [6.07, 6.45) is 1.14. The summed E-state index contributed by atoms with van der Waals surface area (Å²) in [5, 5.41) is 0. The zero-order valence-corrected chi connectivity index (χ0v) is 11.9. The maximum absolute atomic E-state index is 11.9. The van der Waals surface area contributed by atoms with Crippen molar-refractivity contribution in [2.24, 2.45) is 0 Å². The number of halogens is 1. The lowest BCUT2D eigenvalue weighted by Gasteiger charge is -2.16. The van der Waals surface area contributed by atoms with Crippen molar-refractivity contribution in [2.75, 3.05) is 31.3 Å². The average molecular weight is 293 g/mol. The molecule has 0 heterocycles. The Morgan fingerprint density at radius 1 is 1.39 bits per heavy atom. The molecule has 0 aliphatic heterocycles. The standard InChI is InChI=1S/C11H16N2O3S.ClH/c1-13(6-7-17(2,15)16)11(14)9-4-3-5-10(12)8-9;/h3-5,8H,6-7,12H2,1-2H3;1H. The van der Waals surface area contributed by atoms with Crippen LogP contribution in [-0.4, -0.2) is 44.8 Å². The summed E-state index contributed by atoms with van der Waals surface area (Å²) >= 11 is 0. The number of anilines is 1. The Hall–Kier alpha value is -1.27. The molecule has 0 saturated carbocycles. The largest absolute Gasteiger partial charge is 0.399 e. The number of carbonyl (C=O) groups is 1. The molecule has 0 atom stereocenters. The van der Waals surface area contributed by atoms with Gasteiger partial charge in [0.15, 0.2) is 0 Å². The molecular formula is C11H17ClN2O3S. The Morgan fingerprint density at radius 3 is 2.50 bits per heavy atom. The average Bonchev–Trinajstić information content (AvgIpc) is 2.24. The van der Waals surface area contributed by atoms with Gasteiger partial charge < -0.3 is 10.6 Å². The molecule has 1 rings (SSSR count). The van der Waals surface area contributed by atoms with Gasteiger partial charge in [-0.3, -0.25) is 4.79 Å². The lowest BCUT2D eigenvalue weighted by atomic mass is 10.2. The number of rotatable bonds is 4. The van der Waals surface area contributed by atoms with E-state index in [1.165, 1.54) is 4.90 Å². The van der Waals surface area contributed by atoms with Gasteiger partial charge in [-0.15, -0.1) is 12.4 Å². The molecule has 7 heteroatoms. The highest BCUT2D eigenvalue weighted by Crippen LogP contribution is 2.08. The van der Waals surface area contributed by atoms with Gasteiger partial charge in [0.05, 0.1) is 5.75 Å². The molecule has 18 heavy (non-hydrogen) atoms. The molecule has 5 nitrogen and oxygen atoms in total. The lowest BCUT2D eigenvalue weighted by molar-refractivity contribution is 0.0803. The maximum Gasteiger partial charge on any atom is 0.253 e. The Bertz CT molecular complexity index is 517. The first kappa shape index (κ1) is 16.7. The van der Waals surface area contributed by atoms with Crippen molar-refractivity contribution in [3.8, 4) is 0 Å². The molecule has 0 aromatic heterocycles. The van der Waals surface area contributed by atoms with Crippen LogP contribution >= 0.6 is 12.4 Å². The van der Waals surface area contributed by atoms with Crippen LogP contribution in [0.15, 0.2) is 24.3 Å². The molecular weight excluding hydrogens is 276 g/mol. The first-order valence-corrected chi connectivity index (χ1v) is 7.14. The predicted octanol–water partition coefficient (Wildman–Crippen LogP) is 0.807. The molecule has 0 saturated heterocycles. The van der Waals surface area contributed by atoms with Crippen LogP contribution in [0.25, 0.3) is 0 Å². The Labute approximate surface area is 113 Å². The minimum Gasteiger partial charge on any atom is -0.399 e. The zero-order valence-electron chi connectivity index (χ0n) is 10.3. The van der Waals surface area contributed by atoms with Crippen molar-refractivity contribution in [1.29, 1.82) is 0 Å². The second kappa shape index (κ2) is 6.61. The van der Waals surface area contributed by atoms with E-state index in [1.54, 1.807) is 31.3 Å². The second-order valence-electron chi connectivity index (χ2n) is 3.98. The quantitative estimate of drug-likeness (QED) is 0.833. The maximum atomic E-state index is 11.9. The minimum absolute atomic E-state index is 0. The summed E-state index contributed by atoms with van der Waals surface area (Å²) in [5.74, 6) is -0.279. The normalized spacial score (nSPS) is 10.6. The zero-order chi connectivity index (χ0) is 13.1. The number of carbonyl (C=O) groups excluding carboxylic acids is 1. The number of hydrogen-bond acceptors (Lipinski definition) is 4. The van der Waals surface area contributed by atoms with Crippen LogP contribution in [-0.2, 0) is 9.84 Å². The molecule has 0 bridgehead atoms. The van der Waals surface area contributed by atoms with E-state index in [4.69, 9.17) is 5.73 Å². The second-order valence-corrected chi connectivity index (χ2v) is 6.24. The highest BCUT2D eigenvalue weighted by atomic mass is 35.5. The minimum atomic E-state index is -3.06. The fraction of sp³-hybridized carbons (Fsp3) is 0.364. The number of benzene rings is 1. The Morgan fingerprint density at radius 2 is 2.00 bits per heavy atom. The molecule has 2 N–H and O–H groups in total. The van der Waals surface area contributed by atoms with Crippen LogP contribution in [0.3, 0.4) is 0 Å². The topological polar surface area (TPSA) is 80.5 Å². The smallest absolute Gasteiger partial charge is 0.253 e. The Balaban J connectivity index is 0.00000289. The van der Waals surface area contributed by atoms with Crippen LogP contribution in [0.4, 0.5) is 5.69 Å². The van der Waals surface area contributed by atoms with Gasteiger partial charge in [0.1, 0.15) is 9.84 Å². The van der Waals surface area contributed by atoms with Crippen molar-refractivity contribution in [1.82, 2.24) is 4.90 Å². The van der Waals surface area contributed by atoms with Crippen molar-refractivity contribution in [3.05, 3.63) is 29.8 Å². The van der Waals surface area contributed by atoms with Gasteiger partial charge in [0.25, 0.3) is 5.91 Å². The third kappa shape index (κ3) is 5.37. The number of hydrogen-bond donors (Lipinski definition) is 1. The van der Waals surface area contributed by atoms with E-state index < -0.39 is 9.84 Å². The molecule has 0 aliphatic carbocycles. The highest BCUT2D eigenvalue weighted by Gasteiger charge is 2.13. The molecule has 0 unspecified atom stereocenters. The van der Waals surface area contributed by atoms with E-state index in [9.17, 15) is 13.2 Å². The fourth-order valence-electron chi connectivity index (χ4n) is 1.30. The number of nitrogen functional groups attached to an aromatic ring is 1. The van der Waals surface area contributed by atoms with Crippen LogP contribution in [0.5, 0.6) is 0 Å². The van der Waals surface area contributed by atoms with Gasteiger partial charge in [-0.25, -0.2) is 8.42 Å². The van der Waals surface area contributed by atoms with Crippen molar-refractivity contribution >= 4 is 33.8 Å². The SMILES string of the molecule is CN(CCS(C)(=O)=O)C(=O)c1cccc(N)c1.Cl. The van der Waals surface area contributed by atoms with E-state index >= 15 is 0 Å². The summed E-state index contributed by atoms with van der Waals surface area (Å²) in [5.41, 5.74) is 6.54. The van der Waals surface area contributed by atoms with E-state index in [0.717, 1.165) is 6.26 Å². The van der Waals surface area contributed by atoms with Crippen LogP contribution in [0.1, 0.15) is 10.4 Å². The van der Waals surface area contributed by atoms with Crippen molar-refractivity contribution in [2.45, 2.75) is 0 Å². The molecule has 0 aliphatic rings. The van der Waals surface area contributed by atoms with Gasteiger partial charge in [-0.1, -0.05) is 6.07 Å². The van der Waals surface area contributed by atoms with Gasteiger partial charge in [-0.05, 0) is 18.2 Å². The van der Waals surface area contributed by atoms with Gasteiger partial charge >= 0.3 is 0 Å². The summed E-state index contributed by atoms with van der Waals surface area (Å²) in [6, 6.07) is 6.59. The third-order valence-corrected chi connectivity index (χ3v) is 3.20. The molecule has 1 amide bonds. The summed E-state index contributed by atoms with van der Waals surface area (Å²) in [6.45, 7) is 0.173. The summed E-state index contributed by atoms with van der Waals surface area (Å²) in [4.78, 5) is 13.3. The van der Waals surface area contributed by atoms with Crippen molar-refractivity contribution in [3.63, 3.8) is 0 Å². The van der Waals surface area contributed by atoms with Gasteiger partial charge in [0.2, 0.25) is 0 Å². The number of nitrogens with zero attached hydrogens (tertiary/aromatic N) is 1. The number of sulfone groups is 1. The Kier molecular flexibility index (Phi) is 6.14. The highest BCUT2D eigenvalue weighted by molar-refractivity contribution is 7.90. The monoisotopic (exact) mass is 292 g/mol. The number of nitrogens with two attached hydrogens (primary N) is 1. The van der Waals surface area contributed by atoms with Gasteiger partial charge in [-0.2, -0.15) is 0 Å². The molecule has 1 aromatic carbocycles. The molecule has 0 radical (unpaired) electrons. The van der Waals surface area contributed by atoms with E-state index in [0.29, 0.717) is 11.3 Å². The van der Waals surface area contributed by atoms with Crippen LogP contribution in [0, 0.1) is 0 Å². The third-order valence-electron chi connectivity index (χ3n) is 2.28. The number of amides is 1. The molecule has 0 fully saturated rings. The van der Waals surface area contributed by atoms with Crippen molar-refractivity contribution < 1.29 is 13.2 Å². The predicted molar refractivity (Wildman–Crippen MR) is 74.8 cm³/mol. The summed E-state index contributed by atoms with van der Waals surface area (Å²) < 4.78 is 22.0. The van der Waals surface area contributed by atoms with Crippen LogP contribution < -0.4 is 5.73 Å². The fourth-order valence-corrected chi connectivity index (χ4v) is 1.90. The van der Waals surface area contributed by atoms with E-state index in [2.05, 4.69) is 0 Å². The molecule has 0 spiro atoms. The first-order valence-electron chi connectivity index (χ1n) is 5.08. The molecule has 102 valence electrons.